The summed E-state index contributed by atoms with van der Waals surface area (Å²) in [5, 5.41) is 3.49. The van der Waals surface area contributed by atoms with Crippen LogP contribution in [0.3, 0.4) is 0 Å². The smallest absolute Gasteiger partial charge is 0.407 e. The number of ether oxygens (including phenoxy) is 1. The fraction of sp³-hybridized carbons (Fsp3) is 0.200. The predicted octanol–water partition coefficient (Wildman–Crippen LogP) is 7.58. The lowest BCUT2D eigenvalue weighted by atomic mass is 9.98. The van der Waals surface area contributed by atoms with Crippen molar-refractivity contribution in [1.29, 1.82) is 0 Å². The molecule has 0 spiro atoms. The normalized spacial score (nSPS) is 14.4. The molecule has 1 amide bonds. The second-order valence-electron chi connectivity index (χ2n) is 8.88. The minimum absolute atomic E-state index is 0.00830. The highest BCUT2D eigenvalue weighted by molar-refractivity contribution is 8.03. The Bertz CT molecular complexity index is 1350. The lowest BCUT2D eigenvalue weighted by molar-refractivity contribution is -0.104. The molecule has 0 saturated carbocycles. The van der Waals surface area contributed by atoms with Crippen molar-refractivity contribution in [1.82, 2.24) is 5.32 Å². The molecule has 4 nitrogen and oxygen atoms in total. The Morgan fingerprint density at radius 3 is 2.39 bits per heavy atom. The van der Waals surface area contributed by atoms with Crippen molar-refractivity contribution >= 4 is 35.7 Å². The van der Waals surface area contributed by atoms with Crippen LogP contribution in [0.1, 0.15) is 41.0 Å². The van der Waals surface area contributed by atoms with Crippen molar-refractivity contribution in [3.63, 3.8) is 0 Å². The molecule has 0 bridgehead atoms. The third-order valence-corrected chi connectivity index (χ3v) is 8.40. The van der Waals surface area contributed by atoms with Crippen LogP contribution >= 0.6 is 23.4 Å². The number of alkyl carbamates (subject to hydrolysis) is 1. The number of hydrogen-bond donors (Lipinski definition) is 1. The van der Waals surface area contributed by atoms with Gasteiger partial charge in [0.05, 0.1) is 5.02 Å². The second-order valence-corrected chi connectivity index (χ2v) is 10.3. The molecule has 0 aliphatic heterocycles. The van der Waals surface area contributed by atoms with Crippen molar-refractivity contribution in [3.05, 3.63) is 111 Å². The Morgan fingerprint density at radius 2 is 1.69 bits per heavy atom. The Morgan fingerprint density at radius 1 is 1.03 bits per heavy atom. The highest BCUT2D eigenvalue weighted by Crippen LogP contribution is 2.44. The van der Waals surface area contributed by atoms with Crippen molar-refractivity contribution < 1.29 is 14.3 Å². The van der Waals surface area contributed by atoms with Crippen LogP contribution in [0.25, 0.3) is 11.1 Å². The molecule has 2 aliphatic rings. The summed E-state index contributed by atoms with van der Waals surface area (Å²) in [4.78, 5) is 26.0. The number of aryl methyl sites for hydroxylation is 1. The molecule has 0 heterocycles. The molecule has 0 fully saturated rings. The molecule has 1 N–H and O–H groups in total. The molecule has 5 rings (SSSR count). The van der Waals surface area contributed by atoms with E-state index in [1.807, 2.05) is 49.4 Å². The first kappa shape index (κ1) is 24.4. The maximum absolute atomic E-state index is 12.8. The van der Waals surface area contributed by atoms with Crippen LogP contribution in [0.5, 0.6) is 0 Å². The summed E-state index contributed by atoms with van der Waals surface area (Å²) in [5.74, 6) is 0.00830. The van der Waals surface area contributed by atoms with E-state index in [1.165, 1.54) is 34.0 Å². The number of fused-ring (bicyclic) bond motifs is 3. The average Bonchev–Trinajstić information content (AvgIpc) is 3.23. The minimum Gasteiger partial charge on any atom is -0.449 e. The first-order valence-corrected chi connectivity index (χ1v) is 13.2. The fourth-order valence-electron chi connectivity index (χ4n) is 4.83. The average molecular weight is 516 g/mol. The first-order valence-electron chi connectivity index (χ1n) is 12.0. The van der Waals surface area contributed by atoms with Gasteiger partial charge in [0, 0.05) is 27.8 Å². The monoisotopic (exact) mass is 515 g/mol. The zero-order valence-electron chi connectivity index (χ0n) is 19.9. The van der Waals surface area contributed by atoms with Crippen LogP contribution in [-0.2, 0) is 16.1 Å². The van der Waals surface area contributed by atoms with E-state index in [0.29, 0.717) is 10.6 Å². The van der Waals surface area contributed by atoms with Gasteiger partial charge in [-0.25, -0.2) is 4.79 Å². The number of halogens is 1. The van der Waals surface area contributed by atoms with Gasteiger partial charge in [-0.05, 0) is 59.2 Å². The van der Waals surface area contributed by atoms with E-state index in [4.69, 9.17) is 16.3 Å². The topological polar surface area (TPSA) is 55.4 Å². The summed E-state index contributed by atoms with van der Waals surface area (Å²) in [6, 6.07) is 20.3. The molecular formula is C30H26ClNO3S. The van der Waals surface area contributed by atoms with Gasteiger partial charge in [-0.3, -0.25) is 4.79 Å². The van der Waals surface area contributed by atoms with Crippen LogP contribution < -0.4 is 5.32 Å². The molecule has 182 valence electrons. The van der Waals surface area contributed by atoms with E-state index in [0.717, 1.165) is 40.1 Å². The highest BCUT2D eigenvalue weighted by Gasteiger charge is 2.29. The van der Waals surface area contributed by atoms with Gasteiger partial charge in [-0.1, -0.05) is 90.1 Å². The van der Waals surface area contributed by atoms with Gasteiger partial charge in [-0.2, -0.15) is 0 Å². The number of benzene rings is 3. The molecule has 6 heteroatoms. The Labute approximate surface area is 220 Å². The summed E-state index contributed by atoms with van der Waals surface area (Å²) >= 11 is 8.04. The largest absolute Gasteiger partial charge is 0.449 e. The standard InChI is InChI=1S/C30H26ClNO3S/c1-19-14-15-27(31)29(36-28-13-7-2-8-20(28)17-33)25(19)16-32-30(34)35-18-26-23-11-5-3-9-21(23)22-10-4-6-12-24(22)26/h3-6,8-15,17,26H,2,7,16,18H2,1H3,(H,32,34). The minimum atomic E-state index is -0.474. The van der Waals surface area contributed by atoms with Gasteiger partial charge >= 0.3 is 6.09 Å². The van der Waals surface area contributed by atoms with Gasteiger partial charge in [0.15, 0.2) is 6.29 Å². The van der Waals surface area contributed by atoms with Gasteiger partial charge in [0.25, 0.3) is 0 Å². The number of aldehydes is 1. The van der Waals surface area contributed by atoms with Crippen molar-refractivity contribution in [2.45, 2.75) is 37.1 Å². The fourth-order valence-corrected chi connectivity index (χ4v) is 6.31. The van der Waals surface area contributed by atoms with Crippen LogP contribution in [0.2, 0.25) is 5.02 Å². The zero-order chi connectivity index (χ0) is 25.1. The summed E-state index contributed by atoms with van der Waals surface area (Å²) in [6.45, 7) is 2.52. The lowest BCUT2D eigenvalue weighted by Gasteiger charge is -2.18. The third kappa shape index (κ3) is 4.86. The molecule has 0 unspecified atom stereocenters. The van der Waals surface area contributed by atoms with E-state index < -0.39 is 6.09 Å². The SMILES string of the molecule is Cc1ccc(Cl)c(SC2=CCCC=C2C=O)c1CNC(=O)OCC1c2ccccc2-c2ccccc21. The number of allylic oxidation sites excluding steroid dienone is 3. The molecule has 3 aromatic carbocycles. The van der Waals surface area contributed by atoms with E-state index in [2.05, 4.69) is 35.7 Å². The summed E-state index contributed by atoms with van der Waals surface area (Å²) < 4.78 is 5.70. The first-order chi connectivity index (χ1) is 17.6. The van der Waals surface area contributed by atoms with E-state index >= 15 is 0 Å². The second kappa shape index (κ2) is 10.8. The number of rotatable bonds is 7. The number of nitrogens with one attached hydrogen (secondary N) is 1. The third-order valence-electron chi connectivity index (χ3n) is 6.68. The number of thioether (sulfide) groups is 1. The molecular weight excluding hydrogens is 490 g/mol. The molecule has 0 saturated heterocycles. The van der Waals surface area contributed by atoms with E-state index in [1.54, 1.807) is 0 Å². The molecule has 2 aliphatic carbocycles. The maximum atomic E-state index is 12.8. The number of carbonyl (C=O) groups is 2. The summed E-state index contributed by atoms with van der Waals surface area (Å²) in [5.41, 5.74) is 7.34. The number of amides is 1. The Balaban J connectivity index is 1.28. The molecule has 0 atom stereocenters. The molecule has 36 heavy (non-hydrogen) atoms. The summed E-state index contributed by atoms with van der Waals surface area (Å²) in [7, 11) is 0. The quantitative estimate of drug-likeness (QED) is 0.329. The Kier molecular flexibility index (Phi) is 7.30. The zero-order valence-corrected chi connectivity index (χ0v) is 21.5. The van der Waals surface area contributed by atoms with Crippen LogP contribution in [0.15, 0.2) is 88.2 Å². The highest BCUT2D eigenvalue weighted by atomic mass is 35.5. The van der Waals surface area contributed by atoms with Gasteiger partial charge < -0.3 is 10.1 Å². The summed E-state index contributed by atoms with van der Waals surface area (Å²) in [6.07, 6.45) is 6.17. The predicted molar refractivity (Wildman–Crippen MR) is 145 cm³/mol. The van der Waals surface area contributed by atoms with Gasteiger partial charge in [0.1, 0.15) is 6.61 Å². The Hall–Kier alpha value is -3.28. The van der Waals surface area contributed by atoms with Crippen LogP contribution in [0.4, 0.5) is 4.79 Å². The van der Waals surface area contributed by atoms with Crippen LogP contribution in [-0.4, -0.2) is 19.0 Å². The van der Waals surface area contributed by atoms with Gasteiger partial charge in [0.2, 0.25) is 0 Å². The molecule has 3 aromatic rings. The number of hydrogen-bond acceptors (Lipinski definition) is 4. The van der Waals surface area contributed by atoms with Crippen molar-refractivity contribution in [3.8, 4) is 11.1 Å². The maximum Gasteiger partial charge on any atom is 0.407 e. The number of carbonyl (C=O) groups excluding carboxylic acids is 2. The van der Waals surface area contributed by atoms with E-state index in [-0.39, 0.29) is 19.1 Å². The van der Waals surface area contributed by atoms with Crippen LogP contribution in [0, 0.1) is 6.92 Å². The van der Waals surface area contributed by atoms with Crippen molar-refractivity contribution in [2.75, 3.05) is 6.61 Å². The molecule has 0 radical (unpaired) electrons. The van der Waals surface area contributed by atoms with E-state index in [9.17, 15) is 9.59 Å². The lowest BCUT2D eigenvalue weighted by Crippen LogP contribution is -2.26. The van der Waals surface area contributed by atoms with Gasteiger partial charge in [-0.15, -0.1) is 0 Å². The van der Waals surface area contributed by atoms with Crippen molar-refractivity contribution in [2.24, 2.45) is 0 Å². The molecule has 0 aromatic heterocycles.